The van der Waals surface area contributed by atoms with E-state index in [4.69, 9.17) is 10.5 Å². The highest BCUT2D eigenvalue weighted by atomic mass is 79.9. The number of anilines is 1. The molecule has 0 spiro atoms. The van der Waals surface area contributed by atoms with Gasteiger partial charge in [0.25, 0.3) is 0 Å². The number of hydrogen-bond acceptors (Lipinski definition) is 3. The lowest BCUT2D eigenvalue weighted by Gasteiger charge is -2.31. The van der Waals surface area contributed by atoms with Crippen LogP contribution in [0.1, 0.15) is 32.1 Å². The van der Waals surface area contributed by atoms with Gasteiger partial charge in [-0.1, -0.05) is 35.2 Å². The van der Waals surface area contributed by atoms with E-state index in [0.717, 1.165) is 36.6 Å². The van der Waals surface area contributed by atoms with Gasteiger partial charge in [0.05, 0.1) is 12.6 Å². The molecule has 0 unspecified atom stereocenters. The van der Waals surface area contributed by atoms with Crippen molar-refractivity contribution in [3.05, 3.63) is 22.7 Å². The molecule has 1 aliphatic carbocycles. The molecule has 1 aromatic rings. The highest BCUT2D eigenvalue weighted by molar-refractivity contribution is 9.10. The van der Waals surface area contributed by atoms with Crippen molar-refractivity contribution in [1.82, 2.24) is 0 Å². The number of benzene rings is 1. The smallest absolute Gasteiger partial charge is 0.244 e. The summed E-state index contributed by atoms with van der Waals surface area (Å²) in [5.74, 6) is 0.590. The van der Waals surface area contributed by atoms with E-state index in [1.165, 1.54) is 0 Å². The summed E-state index contributed by atoms with van der Waals surface area (Å²) < 4.78 is 6.03. The largest absolute Gasteiger partial charge is 0.497 e. The Bertz CT molecular complexity index is 471. The number of nitrogens with two attached hydrogens (primary N) is 1. The Balaban J connectivity index is 2.12. The number of carbonyl (C=O) groups excluding carboxylic acids is 1. The predicted molar refractivity (Wildman–Crippen MR) is 79.3 cm³/mol. The first kappa shape index (κ1) is 14.3. The zero-order valence-electron chi connectivity index (χ0n) is 11.0. The molecule has 4 nitrogen and oxygen atoms in total. The molecule has 19 heavy (non-hydrogen) atoms. The summed E-state index contributed by atoms with van der Waals surface area (Å²) in [6.45, 7) is 0. The molecule has 2 rings (SSSR count). The standard InChI is InChI=1S/C14H19BrN2O2/c1-19-12-8-10(15)7-11(9-12)17-13(18)14(16)5-3-2-4-6-14/h7-9H,2-6,16H2,1H3,(H,17,18). The van der Waals surface area contributed by atoms with Crippen LogP contribution in [0.4, 0.5) is 5.69 Å². The second-order valence-electron chi connectivity index (χ2n) is 5.05. The summed E-state index contributed by atoms with van der Waals surface area (Å²) in [6.07, 6.45) is 4.71. The van der Waals surface area contributed by atoms with Crippen molar-refractivity contribution in [3.63, 3.8) is 0 Å². The zero-order chi connectivity index (χ0) is 13.9. The number of hydrogen-bond donors (Lipinski definition) is 2. The number of methoxy groups -OCH3 is 1. The van der Waals surface area contributed by atoms with Crippen molar-refractivity contribution in [3.8, 4) is 5.75 Å². The first-order valence-electron chi connectivity index (χ1n) is 6.48. The van der Waals surface area contributed by atoms with Gasteiger partial charge in [-0.15, -0.1) is 0 Å². The molecule has 0 saturated heterocycles. The normalized spacial score (nSPS) is 17.8. The van der Waals surface area contributed by atoms with Crippen LogP contribution in [0, 0.1) is 0 Å². The number of ether oxygens (including phenoxy) is 1. The van der Waals surface area contributed by atoms with Gasteiger partial charge in [0, 0.05) is 16.2 Å². The predicted octanol–water partition coefficient (Wildman–Crippen LogP) is 3.06. The molecule has 1 aliphatic rings. The lowest BCUT2D eigenvalue weighted by molar-refractivity contribution is -0.122. The minimum atomic E-state index is -0.728. The van der Waals surface area contributed by atoms with Crippen LogP contribution in [0.25, 0.3) is 0 Å². The van der Waals surface area contributed by atoms with Gasteiger partial charge in [-0.2, -0.15) is 0 Å². The van der Waals surface area contributed by atoms with Crippen LogP contribution in [0.5, 0.6) is 5.75 Å². The quantitative estimate of drug-likeness (QED) is 0.897. The van der Waals surface area contributed by atoms with Crippen LogP contribution >= 0.6 is 15.9 Å². The first-order valence-corrected chi connectivity index (χ1v) is 7.28. The third kappa shape index (κ3) is 3.48. The van der Waals surface area contributed by atoms with Gasteiger partial charge in [0.1, 0.15) is 5.75 Å². The van der Waals surface area contributed by atoms with Crippen molar-refractivity contribution < 1.29 is 9.53 Å². The minimum Gasteiger partial charge on any atom is -0.497 e. The molecule has 0 aliphatic heterocycles. The highest BCUT2D eigenvalue weighted by Gasteiger charge is 2.35. The lowest BCUT2D eigenvalue weighted by atomic mass is 9.82. The number of halogens is 1. The Morgan fingerprint density at radius 3 is 2.63 bits per heavy atom. The van der Waals surface area contributed by atoms with E-state index < -0.39 is 5.54 Å². The summed E-state index contributed by atoms with van der Waals surface area (Å²) in [6, 6.07) is 5.47. The molecular weight excluding hydrogens is 308 g/mol. The molecular formula is C14H19BrN2O2. The van der Waals surface area contributed by atoms with Crippen molar-refractivity contribution in [1.29, 1.82) is 0 Å². The van der Waals surface area contributed by atoms with Gasteiger partial charge in [0.15, 0.2) is 0 Å². The van der Waals surface area contributed by atoms with Gasteiger partial charge in [-0.25, -0.2) is 0 Å². The van der Waals surface area contributed by atoms with Crippen LogP contribution in [0.15, 0.2) is 22.7 Å². The van der Waals surface area contributed by atoms with Crippen LogP contribution in [0.3, 0.4) is 0 Å². The SMILES string of the molecule is COc1cc(Br)cc(NC(=O)C2(N)CCCCC2)c1. The van der Waals surface area contributed by atoms with Gasteiger partial charge < -0.3 is 15.8 Å². The summed E-state index contributed by atoms with van der Waals surface area (Å²) in [4.78, 5) is 12.3. The van der Waals surface area contributed by atoms with Crippen LogP contribution in [-0.2, 0) is 4.79 Å². The summed E-state index contributed by atoms with van der Waals surface area (Å²) in [5, 5.41) is 2.89. The Hall–Kier alpha value is -1.07. The first-order chi connectivity index (χ1) is 9.03. The molecule has 0 bridgehead atoms. The maximum absolute atomic E-state index is 12.3. The topological polar surface area (TPSA) is 64.3 Å². The van der Waals surface area contributed by atoms with Crippen molar-refractivity contribution in [2.75, 3.05) is 12.4 Å². The maximum atomic E-state index is 12.3. The zero-order valence-corrected chi connectivity index (χ0v) is 12.6. The molecule has 104 valence electrons. The van der Waals surface area contributed by atoms with E-state index in [2.05, 4.69) is 21.2 Å². The van der Waals surface area contributed by atoms with Crippen molar-refractivity contribution >= 4 is 27.5 Å². The molecule has 0 aromatic heterocycles. The van der Waals surface area contributed by atoms with Crippen molar-refractivity contribution in [2.24, 2.45) is 5.73 Å². The van der Waals surface area contributed by atoms with E-state index in [-0.39, 0.29) is 5.91 Å². The highest BCUT2D eigenvalue weighted by Crippen LogP contribution is 2.29. The fraction of sp³-hybridized carbons (Fsp3) is 0.500. The van der Waals surface area contributed by atoms with Gasteiger partial charge in [0.2, 0.25) is 5.91 Å². The molecule has 3 N–H and O–H groups in total. The molecule has 1 fully saturated rings. The molecule has 1 aromatic carbocycles. The fourth-order valence-corrected chi connectivity index (χ4v) is 2.89. The number of rotatable bonds is 3. The van der Waals surface area contributed by atoms with Crippen LogP contribution in [-0.4, -0.2) is 18.6 Å². The third-order valence-corrected chi connectivity index (χ3v) is 4.02. The maximum Gasteiger partial charge on any atom is 0.244 e. The van der Waals surface area contributed by atoms with E-state index in [1.807, 2.05) is 12.1 Å². The van der Waals surface area contributed by atoms with Gasteiger partial charge >= 0.3 is 0 Å². The van der Waals surface area contributed by atoms with E-state index >= 15 is 0 Å². The van der Waals surface area contributed by atoms with Crippen LogP contribution in [0.2, 0.25) is 0 Å². The third-order valence-electron chi connectivity index (χ3n) is 3.56. The summed E-state index contributed by atoms with van der Waals surface area (Å²) >= 11 is 3.39. The summed E-state index contributed by atoms with van der Waals surface area (Å²) in [5.41, 5.74) is 6.18. The average molecular weight is 327 g/mol. The van der Waals surface area contributed by atoms with Crippen molar-refractivity contribution in [2.45, 2.75) is 37.6 Å². The number of amides is 1. The Morgan fingerprint density at radius 1 is 1.32 bits per heavy atom. The number of nitrogens with one attached hydrogen (secondary N) is 1. The Kier molecular flexibility index (Phi) is 4.47. The average Bonchev–Trinajstić information content (AvgIpc) is 2.38. The Labute approximate surface area is 121 Å². The van der Waals surface area contributed by atoms with Gasteiger partial charge in [-0.3, -0.25) is 4.79 Å². The lowest BCUT2D eigenvalue weighted by Crippen LogP contribution is -2.52. The molecule has 1 amide bonds. The fourth-order valence-electron chi connectivity index (χ4n) is 2.42. The molecule has 0 atom stereocenters. The van der Waals surface area contributed by atoms with E-state index in [0.29, 0.717) is 11.4 Å². The summed E-state index contributed by atoms with van der Waals surface area (Å²) in [7, 11) is 1.60. The Morgan fingerprint density at radius 2 is 2.00 bits per heavy atom. The second-order valence-corrected chi connectivity index (χ2v) is 5.97. The number of carbonyl (C=O) groups is 1. The minimum absolute atomic E-state index is 0.104. The second kappa shape index (κ2) is 5.92. The molecule has 0 radical (unpaired) electrons. The van der Waals surface area contributed by atoms with Crippen LogP contribution < -0.4 is 15.8 Å². The van der Waals surface area contributed by atoms with E-state index in [1.54, 1.807) is 13.2 Å². The van der Waals surface area contributed by atoms with Gasteiger partial charge in [-0.05, 0) is 25.0 Å². The molecule has 5 heteroatoms. The molecule has 0 heterocycles. The molecule has 1 saturated carbocycles. The monoisotopic (exact) mass is 326 g/mol. The van der Waals surface area contributed by atoms with E-state index in [9.17, 15) is 4.79 Å².